The third-order valence-electron chi connectivity index (χ3n) is 4.78. The summed E-state index contributed by atoms with van der Waals surface area (Å²) >= 11 is 0. The molecule has 1 aromatic rings. The number of amides is 1. The van der Waals surface area contributed by atoms with Crippen LogP contribution in [0.2, 0.25) is 0 Å². The van der Waals surface area contributed by atoms with Gasteiger partial charge in [0.15, 0.2) is 0 Å². The summed E-state index contributed by atoms with van der Waals surface area (Å²) in [7, 11) is 0. The van der Waals surface area contributed by atoms with Crippen molar-refractivity contribution in [3.63, 3.8) is 0 Å². The molecule has 0 aromatic carbocycles. The van der Waals surface area contributed by atoms with Gasteiger partial charge in [0.05, 0.1) is 6.04 Å². The van der Waals surface area contributed by atoms with Gasteiger partial charge in [-0.2, -0.15) is 0 Å². The Morgan fingerprint density at radius 1 is 1.24 bits per heavy atom. The van der Waals surface area contributed by atoms with E-state index in [4.69, 9.17) is 0 Å². The molecule has 21 heavy (non-hydrogen) atoms. The first-order chi connectivity index (χ1) is 10.3. The van der Waals surface area contributed by atoms with Crippen molar-refractivity contribution in [2.75, 3.05) is 13.1 Å². The molecule has 2 saturated heterocycles. The van der Waals surface area contributed by atoms with Gasteiger partial charge in [0.25, 0.3) is 0 Å². The van der Waals surface area contributed by atoms with Crippen molar-refractivity contribution in [1.82, 2.24) is 15.2 Å². The second-order valence-electron chi connectivity index (χ2n) is 6.21. The maximum atomic E-state index is 12.6. The standard InChI is InChI=1S/C17H25N3O/c21-17(7-6-15-4-1-2-10-19-15)20-13-3-5-16(20)14-8-11-18-12-9-14/h8-9,11-12,15-16,19H,1-7,10,13H2. The summed E-state index contributed by atoms with van der Waals surface area (Å²) in [5.41, 5.74) is 1.23. The molecular weight excluding hydrogens is 262 g/mol. The fourth-order valence-electron chi connectivity index (χ4n) is 3.61. The minimum atomic E-state index is 0.264. The van der Waals surface area contributed by atoms with E-state index in [0.29, 0.717) is 18.4 Å². The summed E-state index contributed by atoms with van der Waals surface area (Å²) in [4.78, 5) is 18.7. The maximum Gasteiger partial charge on any atom is 0.223 e. The lowest BCUT2D eigenvalue weighted by molar-refractivity contribution is -0.132. The molecule has 0 aliphatic carbocycles. The predicted molar refractivity (Wildman–Crippen MR) is 82.8 cm³/mol. The summed E-state index contributed by atoms with van der Waals surface area (Å²) in [6.45, 7) is 2.02. The maximum absolute atomic E-state index is 12.6. The summed E-state index contributed by atoms with van der Waals surface area (Å²) in [5, 5.41) is 3.53. The fraction of sp³-hybridized carbons (Fsp3) is 0.647. The van der Waals surface area contributed by atoms with Crippen molar-refractivity contribution in [1.29, 1.82) is 0 Å². The number of carbonyl (C=O) groups is 1. The van der Waals surface area contributed by atoms with Crippen molar-refractivity contribution in [2.24, 2.45) is 0 Å². The second kappa shape index (κ2) is 7.03. The number of likely N-dealkylation sites (tertiary alicyclic amines) is 1. The van der Waals surface area contributed by atoms with Gasteiger partial charge in [-0.05, 0) is 56.3 Å². The summed E-state index contributed by atoms with van der Waals surface area (Å²) < 4.78 is 0. The minimum Gasteiger partial charge on any atom is -0.336 e. The van der Waals surface area contributed by atoms with E-state index in [-0.39, 0.29) is 6.04 Å². The summed E-state index contributed by atoms with van der Waals surface area (Å²) in [6, 6.07) is 4.89. The van der Waals surface area contributed by atoms with E-state index in [9.17, 15) is 4.79 Å². The number of nitrogens with one attached hydrogen (secondary N) is 1. The highest BCUT2D eigenvalue weighted by Crippen LogP contribution is 2.32. The predicted octanol–water partition coefficient (Wildman–Crippen LogP) is 2.67. The van der Waals surface area contributed by atoms with E-state index in [1.54, 1.807) is 0 Å². The zero-order chi connectivity index (χ0) is 14.5. The smallest absolute Gasteiger partial charge is 0.223 e. The zero-order valence-electron chi connectivity index (χ0n) is 12.6. The van der Waals surface area contributed by atoms with E-state index in [1.807, 2.05) is 24.5 Å². The van der Waals surface area contributed by atoms with Crippen LogP contribution in [0.4, 0.5) is 0 Å². The molecule has 2 unspecified atom stereocenters. The molecule has 2 aliphatic rings. The molecular formula is C17H25N3O. The van der Waals surface area contributed by atoms with Gasteiger partial charge in [0, 0.05) is 31.4 Å². The third kappa shape index (κ3) is 3.62. The van der Waals surface area contributed by atoms with Crippen molar-refractivity contribution in [3.05, 3.63) is 30.1 Å². The molecule has 4 nitrogen and oxygen atoms in total. The first kappa shape index (κ1) is 14.5. The molecule has 0 bridgehead atoms. The Morgan fingerprint density at radius 2 is 2.10 bits per heavy atom. The molecule has 2 aliphatic heterocycles. The van der Waals surface area contributed by atoms with Crippen molar-refractivity contribution in [2.45, 2.75) is 57.0 Å². The van der Waals surface area contributed by atoms with Gasteiger partial charge in [0.1, 0.15) is 0 Å². The van der Waals surface area contributed by atoms with Gasteiger partial charge in [0.2, 0.25) is 5.91 Å². The molecule has 3 heterocycles. The van der Waals surface area contributed by atoms with Crippen LogP contribution in [-0.2, 0) is 4.79 Å². The molecule has 2 fully saturated rings. The average Bonchev–Trinajstić information content (AvgIpc) is 3.04. The lowest BCUT2D eigenvalue weighted by Gasteiger charge is -2.27. The molecule has 1 aromatic heterocycles. The number of aromatic nitrogens is 1. The average molecular weight is 287 g/mol. The molecule has 1 amide bonds. The van der Waals surface area contributed by atoms with E-state index in [0.717, 1.165) is 32.4 Å². The monoisotopic (exact) mass is 287 g/mol. The Morgan fingerprint density at radius 3 is 2.86 bits per heavy atom. The van der Waals surface area contributed by atoms with E-state index >= 15 is 0 Å². The summed E-state index contributed by atoms with van der Waals surface area (Å²) in [5.74, 6) is 0.321. The molecule has 0 saturated carbocycles. The van der Waals surface area contributed by atoms with Gasteiger partial charge >= 0.3 is 0 Å². The minimum absolute atomic E-state index is 0.264. The number of hydrogen-bond acceptors (Lipinski definition) is 3. The first-order valence-corrected chi connectivity index (χ1v) is 8.27. The molecule has 0 radical (unpaired) electrons. The number of hydrogen-bond donors (Lipinski definition) is 1. The molecule has 3 rings (SSSR count). The molecule has 114 valence electrons. The van der Waals surface area contributed by atoms with Crippen LogP contribution in [-0.4, -0.2) is 34.9 Å². The van der Waals surface area contributed by atoms with E-state index < -0.39 is 0 Å². The number of nitrogens with zero attached hydrogens (tertiary/aromatic N) is 2. The van der Waals surface area contributed by atoms with Crippen LogP contribution < -0.4 is 5.32 Å². The normalized spacial score (nSPS) is 26.0. The van der Waals surface area contributed by atoms with Crippen LogP contribution in [0, 0.1) is 0 Å². The van der Waals surface area contributed by atoms with Gasteiger partial charge < -0.3 is 10.2 Å². The lowest BCUT2D eigenvalue weighted by atomic mass is 10.00. The quantitative estimate of drug-likeness (QED) is 0.926. The van der Waals surface area contributed by atoms with Crippen LogP contribution >= 0.6 is 0 Å². The van der Waals surface area contributed by atoms with Crippen LogP contribution in [0.25, 0.3) is 0 Å². The Hall–Kier alpha value is -1.42. The highest BCUT2D eigenvalue weighted by Gasteiger charge is 2.29. The van der Waals surface area contributed by atoms with Gasteiger partial charge in [-0.3, -0.25) is 9.78 Å². The van der Waals surface area contributed by atoms with Crippen molar-refractivity contribution >= 4 is 5.91 Å². The number of rotatable bonds is 4. The Balaban J connectivity index is 1.55. The van der Waals surface area contributed by atoms with E-state index in [2.05, 4.69) is 15.2 Å². The number of carbonyl (C=O) groups excluding carboxylic acids is 1. The largest absolute Gasteiger partial charge is 0.336 e. The first-order valence-electron chi connectivity index (χ1n) is 8.27. The van der Waals surface area contributed by atoms with Crippen LogP contribution in [0.15, 0.2) is 24.5 Å². The van der Waals surface area contributed by atoms with Crippen molar-refractivity contribution in [3.8, 4) is 0 Å². The Labute approximate surface area is 126 Å². The van der Waals surface area contributed by atoms with Gasteiger partial charge in [-0.1, -0.05) is 6.42 Å². The summed E-state index contributed by atoms with van der Waals surface area (Å²) in [6.07, 6.45) is 11.3. The van der Waals surface area contributed by atoms with Crippen molar-refractivity contribution < 1.29 is 4.79 Å². The zero-order valence-corrected chi connectivity index (χ0v) is 12.6. The molecule has 4 heteroatoms. The highest BCUT2D eigenvalue weighted by molar-refractivity contribution is 5.77. The molecule has 2 atom stereocenters. The van der Waals surface area contributed by atoms with Crippen LogP contribution in [0.3, 0.4) is 0 Å². The Kier molecular flexibility index (Phi) is 4.86. The SMILES string of the molecule is O=C(CCC1CCCCN1)N1CCCC1c1ccncc1. The van der Waals surface area contributed by atoms with E-state index in [1.165, 1.54) is 24.8 Å². The fourth-order valence-corrected chi connectivity index (χ4v) is 3.61. The number of pyridine rings is 1. The van der Waals surface area contributed by atoms with Gasteiger partial charge in [-0.15, -0.1) is 0 Å². The second-order valence-corrected chi connectivity index (χ2v) is 6.21. The molecule has 1 N–H and O–H groups in total. The third-order valence-corrected chi connectivity index (χ3v) is 4.78. The Bertz CT molecular complexity index is 456. The topological polar surface area (TPSA) is 45.2 Å². The lowest BCUT2D eigenvalue weighted by Crippen LogP contribution is -2.36. The van der Waals surface area contributed by atoms with Crippen LogP contribution in [0.1, 0.15) is 56.6 Å². The number of piperidine rings is 1. The highest BCUT2D eigenvalue weighted by atomic mass is 16.2. The van der Waals surface area contributed by atoms with Gasteiger partial charge in [-0.25, -0.2) is 0 Å². The van der Waals surface area contributed by atoms with Crippen LogP contribution in [0.5, 0.6) is 0 Å². The molecule has 0 spiro atoms.